The zero-order valence-electron chi connectivity index (χ0n) is 16.9. The van der Waals surface area contributed by atoms with Crippen LogP contribution in [0.3, 0.4) is 0 Å². The Morgan fingerprint density at radius 2 is 1.86 bits per heavy atom. The summed E-state index contributed by atoms with van der Waals surface area (Å²) in [6.07, 6.45) is -0.664. The van der Waals surface area contributed by atoms with E-state index < -0.39 is 6.10 Å². The maximum Gasteiger partial charge on any atom is 0.191 e. The van der Waals surface area contributed by atoms with E-state index in [9.17, 15) is 5.11 Å². The summed E-state index contributed by atoms with van der Waals surface area (Å²) in [6, 6.07) is 18.3. The molecular weight excluding hydrogens is 465 g/mol. The van der Waals surface area contributed by atoms with Gasteiger partial charge in [0, 0.05) is 13.1 Å². The maximum absolute atomic E-state index is 10.2. The van der Waals surface area contributed by atoms with Crippen molar-refractivity contribution in [1.29, 1.82) is 0 Å². The lowest BCUT2D eigenvalue weighted by Crippen LogP contribution is -2.42. The molecule has 28 heavy (non-hydrogen) atoms. The molecule has 0 aliphatic rings. The zero-order valence-corrected chi connectivity index (χ0v) is 19.2. The molecule has 154 valence electrons. The second kappa shape index (κ2) is 13.5. The number of guanidine groups is 1. The summed E-state index contributed by atoms with van der Waals surface area (Å²) in [4.78, 5) is 4.58. The predicted molar refractivity (Wildman–Crippen MR) is 126 cm³/mol. The van der Waals surface area contributed by atoms with Crippen molar-refractivity contribution >= 4 is 29.9 Å². The fourth-order valence-electron chi connectivity index (χ4n) is 2.67. The number of halogens is 1. The number of hydrogen-bond donors (Lipinski definition) is 3. The first kappa shape index (κ1) is 24.4. The van der Waals surface area contributed by atoms with E-state index in [0.29, 0.717) is 19.0 Å². The molecule has 0 saturated heterocycles. The summed E-state index contributed by atoms with van der Waals surface area (Å²) in [5.74, 6) is 0.689. The number of aliphatic hydroxyl groups is 1. The Bertz CT molecular complexity index is 710. The van der Waals surface area contributed by atoms with E-state index in [1.165, 1.54) is 5.56 Å². The molecule has 2 rings (SSSR count). The van der Waals surface area contributed by atoms with Crippen molar-refractivity contribution in [2.24, 2.45) is 4.99 Å². The molecule has 5 nitrogen and oxygen atoms in total. The molecule has 3 N–H and O–H groups in total. The molecule has 6 heteroatoms. The van der Waals surface area contributed by atoms with Gasteiger partial charge in [-0.25, -0.2) is 4.99 Å². The molecule has 0 aliphatic heterocycles. The van der Waals surface area contributed by atoms with E-state index in [-0.39, 0.29) is 36.7 Å². The minimum Gasteiger partial charge on any atom is -0.389 e. The number of hydrogen-bond acceptors (Lipinski definition) is 3. The first-order chi connectivity index (χ1) is 13.1. The van der Waals surface area contributed by atoms with Crippen LogP contribution in [0.25, 0.3) is 0 Å². The summed E-state index contributed by atoms with van der Waals surface area (Å²) in [5, 5.41) is 16.6. The van der Waals surface area contributed by atoms with Gasteiger partial charge < -0.3 is 20.5 Å². The van der Waals surface area contributed by atoms with Gasteiger partial charge in [-0.3, -0.25) is 0 Å². The van der Waals surface area contributed by atoms with Crippen LogP contribution in [0.5, 0.6) is 0 Å². The van der Waals surface area contributed by atoms with E-state index in [4.69, 9.17) is 4.74 Å². The van der Waals surface area contributed by atoms with Crippen LogP contribution in [0.4, 0.5) is 0 Å². The van der Waals surface area contributed by atoms with Crippen LogP contribution >= 0.6 is 24.0 Å². The summed E-state index contributed by atoms with van der Waals surface area (Å²) in [7, 11) is 0. The summed E-state index contributed by atoms with van der Waals surface area (Å²) in [5.41, 5.74) is 3.49. The van der Waals surface area contributed by atoms with Crippen LogP contribution in [-0.4, -0.2) is 36.9 Å². The second-order valence-corrected chi connectivity index (χ2v) is 6.61. The van der Waals surface area contributed by atoms with E-state index in [2.05, 4.69) is 40.7 Å². The monoisotopic (exact) mass is 497 g/mol. The lowest BCUT2D eigenvalue weighted by atomic mass is 10.1. The molecule has 0 heterocycles. The Hall–Kier alpha value is -1.64. The summed E-state index contributed by atoms with van der Waals surface area (Å²) < 4.78 is 5.77. The van der Waals surface area contributed by atoms with Gasteiger partial charge in [-0.1, -0.05) is 60.2 Å². The van der Waals surface area contributed by atoms with Gasteiger partial charge in [-0.15, -0.1) is 24.0 Å². The van der Waals surface area contributed by atoms with E-state index in [1.54, 1.807) is 0 Å². The first-order valence-electron chi connectivity index (χ1n) is 9.50. The lowest BCUT2D eigenvalue weighted by molar-refractivity contribution is -0.000599. The third-order valence-electron chi connectivity index (χ3n) is 4.16. The Balaban J connectivity index is 0.00000392. The molecule has 0 aliphatic carbocycles. The van der Waals surface area contributed by atoms with Crippen molar-refractivity contribution < 1.29 is 9.84 Å². The smallest absolute Gasteiger partial charge is 0.191 e. The second-order valence-electron chi connectivity index (χ2n) is 6.61. The van der Waals surface area contributed by atoms with Crippen LogP contribution < -0.4 is 10.6 Å². The van der Waals surface area contributed by atoms with Crippen molar-refractivity contribution in [3.8, 4) is 0 Å². The quantitative estimate of drug-likeness (QED) is 0.280. The van der Waals surface area contributed by atoms with Crippen LogP contribution in [0.1, 0.15) is 36.6 Å². The third kappa shape index (κ3) is 9.03. The van der Waals surface area contributed by atoms with Gasteiger partial charge in [0.25, 0.3) is 0 Å². The molecule has 0 saturated carbocycles. The maximum atomic E-state index is 10.2. The molecule has 0 spiro atoms. The van der Waals surface area contributed by atoms with Gasteiger partial charge >= 0.3 is 0 Å². The molecular formula is C22H32IN3O2. The number of aryl methyl sites for hydroxylation is 1. The van der Waals surface area contributed by atoms with Gasteiger partial charge in [-0.2, -0.15) is 0 Å². The molecule has 2 aromatic rings. The molecule has 0 fully saturated rings. The first-order valence-corrected chi connectivity index (χ1v) is 9.50. The fourth-order valence-corrected chi connectivity index (χ4v) is 2.67. The largest absolute Gasteiger partial charge is 0.389 e. The molecule has 0 radical (unpaired) electrons. The average molecular weight is 497 g/mol. The van der Waals surface area contributed by atoms with E-state index in [0.717, 1.165) is 17.7 Å². The predicted octanol–water partition coefficient (Wildman–Crippen LogP) is 3.81. The van der Waals surface area contributed by atoms with Gasteiger partial charge in [0.05, 0.1) is 25.4 Å². The van der Waals surface area contributed by atoms with E-state index >= 15 is 0 Å². The number of ether oxygens (including phenoxy) is 1. The molecule has 2 unspecified atom stereocenters. The van der Waals surface area contributed by atoms with Gasteiger partial charge in [0.15, 0.2) is 5.96 Å². The number of rotatable bonds is 9. The third-order valence-corrected chi connectivity index (χ3v) is 4.16. The van der Waals surface area contributed by atoms with Crippen LogP contribution in [0.2, 0.25) is 0 Å². The van der Waals surface area contributed by atoms with Crippen LogP contribution in [0.15, 0.2) is 59.6 Å². The molecule has 0 amide bonds. The summed E-state index contributed by atoms with van der Waals surface area (Å²) >= 11 is 0. The topological polar surface area (TPSA) is 65.9 Å². The molecule has 2 aromatic carbocycles. The fraction of sp³-hybridized carbons (Fsp3) is 0.409. The van der Waals surface area contributed by atoms with Crippen molar-refractivity contribution in [3.05, 3.63) is 71.3 Å². The summed E-state index contributed by atoms with van der Waals surface area (Å²) in [6.45, 7) is 8.07. The van der Waals surface area contributed by atoms with Gasteiger partial charge in [-0.05, 0) is 31.9 Å². The van der Waals surface area contributed by atoms with Crippen molar-refractivity contribution in [2.75, 3.05) is 19.7 Å². The Kier molecular flexibility index (Phi) is 11.8. The normalized spacial score (nSPS) is 13.4. The minimum absolute atomic E-state index is 0. The zero-order chi connectivity index (χ0) is 19.5. The van der Waals surface area contributed by atoms with Crippen molar-refractivity contribution in [1.82, 2.24) is 10.6 Å². The van der Waals surface area contributed by atoms with Crippen molar-refractivity contribution in [3.63, 3.8) is 0 Å². The highest BCUT2D eigenvalue weighted by Crippen LogP contribution is 2.15. The number of nitrogens with one attached hydrogen (secondary N) is 2. The average Bonchev–Trinajstić information content (AvgIpc) is 2.69. The highest BCUT2D eigenvalue weighted by atomic mass is 127. The number of benzene rings is 2. The number of aliphatic hydroxyl groups excluding tert-OH is 1. The van der Waals surface area contributed by atoms with Crippen molar-refractivity contribution in [2.45, 2.75) is 39.5 Å². The molecule has 0 aromatic heterocycles. The van der Waals surface area contributed by atoms with Crippen LogP contribution in [0, 0.1) is 6.92 Å². The SMILES string of the molecule is CCNC(=NCc1cccc(C)c1)NCC(O)COC(C)c1ccccc1.I. The highest BCUT2D eigenvalue weighted by molar-refractivity contribution is 14.0. The molecule has 2 atom stereocenters. The van der Waals surface area contributed by atoms with Gasteiger partial charge in [0.1, 0.15) is 0 Å². The Morgan fingerprint density at radius 1 is 1.11 bits per heavy atom. The Labute approximate surface area is 185 Å². The minimum atomic E-state index is -0.612. The van der Waals surface area contributed by atoms with Crippen LogP contribution in [-0.2, 0) is 11.3 Å². The lowest BCUT2D eigenvalue weighted by Gasteiger charge is -2.18. The molecule has 0 bridgehead atoms. The highest BCUT2D eigenvalue weighted by Gasteiger charge is 2.10. The Morgan fingerprint density at radius 3 is 2.54 bits per heavy atom. The van der Waals surface area contributed by atoms with Gasteiger partial charge in [0.2, 0.25) is 0 Å². The standard InChI is InChI=1S/C22H31N3O2.HI/c1-4-23-22(24-14-19-10-8-9-17(2)13-19)25-15-21(26)16-27-18(3)20-11-6-5-7-12-20;/h5-13,18,21,26H,4,14-16H2,1-3H3,(H2,23,24,25);1H. The number of nitrogens with zero attached hydrogens (tertiary/aromatic N) is 1. The number of aliphatic imine (C=N–C) groups is 1. The van der Waals surface area contributed by atoms with E-state index in [1.807, 2.05) is 50.2 Å².